The minimum atomic E-state index is -3.50. The SMILES string of the molecule is CN(C)CCCN(C)S(=O)(=O)C1CCCC1C(=O)O. The third-order valence-corrected chi connectivity index (χ3v) is 6.05. The van der Waals surface area contributed by atoms with E-state index >= 15 is 0 Å². The number of aliphatic carboxylic acids is 1. The molecule has 0 amide bonds. The van der Waals surface area contributed by atoms with Gasteiger partial charge in [-0.15, -0.1) is 0 Å². The maximum Gasteiger partial charge on any atom is 0.307 e. The summed E-state index contributed by atoms with van der Waals surface area (Å²) in [6.45, 7) is 1.25. The average molecular weight is 292 g/mol. The van der Waals surface area contributed by atoms with E-state index in [-0.39, 0.29) is 0 Å². The molecule has 0 radical (unpaired) electrons. The van der Waals surface area contributed by atoms with Gasteiger partial charge in [-0.1, -0.05) is 6.42 Å². The van der Waals surface area contributed by atoms with Crippen molar-refractivity contribution in [3.8, 4) is 0 Å². The van der Waals surface area contributed by atoms with Gasteiger partial charge in [-0.25, -0.2) is 12.7 Å². The van der Waals surface area contributed by atoms with Crippen LogP contribution in [0.3, 0.4) is 0 Å². The Morgan fingerprint density at radius 3 is 2.37 bits per heavy atom. The predicted octanol–water partition coefficient (Wildman–Crippen LogP) is 0.453. The molecule has 19 heavy (non-hydrogen) atoms. The lowest BCUT2D eigenvalue weighted by Gasteiger charge is -2.24. The minimum absolute atomic E-state index is 0.434. The van der Waals surface area contributed by atoms with Gasteiger partial charge in [0.2, 0.25) is 10.0 Å². The van der Waals surface area contributed by atoms with Crippen LogP contribution in [0.2, 0.25) is 0 Å². The molecule has 7 heteroatoms. The topological polar surface area (TPSA) is 77.9 Å². The van der Waals surface area contributed by atoms with Gasteiger partial charge in [0.25, 0.3) is 0 Å². The molecule has 112 valence electrons. The lowest BCUT2D eigenvalue weighted by atomic mass is 10.1. The quantitative estimate of drug-likeness (QED) is 0.737. The first kappa shape index (κ1) is 16.4. The Kier molecular flexibility index (Phi) is 5.76. The van der Waals surface area contributed by atoms with Crippen molar-refractivity contribution >= 4 is 16.0 Å². The first-order valence-electron chi connectivity index (χ1n) is 6.59. The predicted molar refractivity (Wildman–Crippen MR) is 73.5 cm³/mol. The van der Waals surface area contributed by atoms with Gasteiger partial charge in [0.1, 0.15) is 0 Å². The highest BCUT2D eigenvalue weighted by Crippen LogP contribution is 2.32. The number of carbonyl (C=O) groups is 1. The molecule has 1 rings (SSSR count). The number of hydrogen-bond acceptors (Lipinski definition) is 4. The van der Waals surface area contributed by atoms with E-state index < -0.39 is 27.2 Å². The molecule has 1 fully saturated rings. The maximum absolute atomic E-state index is 12.4. The molecular weight excluding hydrogens is 268 g/mol. The summed E-state index contributed by atoms with van der Waals surface area (Å²) in [5.41, 5.74) is 0. The molecule has 0 saturated heterocycles. The van der Waals surface area contributed by atoms with Crippen LogP contribution >= 0.6 is 0 Å². The zero-order chi connectivity index (χ0) is 14.6. The average Bonchev–Trinajstić information content (AvgIpc) is 2.77. The van der Waals surface area contributed by atoms with Crippen LogP contribution in [0.15, 0.2) is 0 Å². The molecule has 2 atom stereocenters. The monoisotopic (exact) mass is 292 g/mol. The Hall–Kier alpha value is -0.660. The summed E-state index contributed by atoms with van der Waals surface area (Å²) in [7, 11) is 1.92. The highest BCUT2D eigenvalue weighted by Gasteiger charge is 2.43. The second-order valence-corrected chi connectivity index (χ2v) is 7.70. The summed E-state index contributed by atoms with van der Waals surface area (Å²) in [4.78, 5) is 13.1. The van der Waals surface area contributed by atoms with Gasteiger partial charge in [0.05, 0.1) is 11.2 Å². The lowest BCUT2D eigenvalue weighted by molar-refractivity contribution is -0.141. The molecular formula is C12H24N2O4S. The van der Waals surface area contributed by atoms with Crippen molar-refractivity contribution in [3.63, 3.8) is 0 Å². The lowest BCUT2D eigenvalue weighted by Crippen LogP contribution is -2.41. The maximum atomic E-state index is 12.4. The molecule has 0 spiro atoms. The summed E-state index contributed by atoms with van der Waals surface area (Å²) in [6.07, 6.45) is 2.33. The first-order chi connectivity index (χ1) is 8.76. The van der Waals surface area contributed by atoms with Gasteiger partial charge in [-0.05, 0) is 39.9 Å². The van der Waals surface area contributed by atoms with Crippen molar-refractivity contribution in [1.29, 1.82) is 0 Å². The van der Waals surface area contributed by atoms with Crippen molar-refractivity contribution in [2.45, 2.75) is 30.9 Å². The highest BCUT2D eigenvalue weighted by atomic mass is 32.2. The molecule has 1 N–H and O–H groups in total. The van der Waals surface area contributed by atoms with Gasteiger partial charge in [0, 0.05) is 13.6 Å². The Balaban J connectivity index is 2.66. The van der Waals surface area contributed by atoms with Gasteiger partial charge < -0.3 is 10.0 Å². The van der Waals surface area contributed by atoms with Crippen LogP contribution in [0.25, 0.3) is 0 Å². The van der Waals surface area contributed by atoms with Gasteiger partial charge in [-0.2, -0.15) is 0 Å². The second-order valence-electron chi connectivity index (χ2n) is 5.44. The summed E-state index contributed by atoms with van der Waals surface area (Å²) in [5, 5.41) is 8.33. The van der Waals surface area contributed by atoms with E-state index in [1.807, 2.05) is 19.0 Å². The van der Waals surface area contributed by atoms with Crippen molar-refractivity contribution < 1.29 is 18.3 Å². The van der Waals surface area contributed by atoms with E-state index in [4.69, 9.17) is 5.11 Å². The molecule has 0 aliphatic heterocycles. The van der Waals surface area contributed by atoms with Crippen molar-refractivity contribution in [2.75, 3.05) is 34.2 Å². The standard InChI is InChI=1S/C12H24N2O4S/c1-13(2)8-5-9-14(3)19(17,18)11-7-4-6-10(11)12(15)16/h10-11H,4-9H2,1-3H3,(H,15,16). The van der Waals surface area contributed by atoms with Crippen molar-refractivity contribution in [2.24, 2.45) is 5.92 Å². The van der Waals surface area contributed by atoms with Crippen molar-refractivity contribution in [1.82, 2.24) is 9.21 Å². The van der Waals surface area contributed by atoms with Crippen LogP contribution in [0.4, 0.5) is 0 Å². The molecule has 0 heterocycles. The smallest absolute Gasteiger partial charge is 0.307 e. The molecule has 2 unspecified atom stereocenters. The van der Waals surface area contributed by atoms with E-state index in [9.17, 15) is 13.2 Å². The molecule has 1 aliphatic rings. The van der Waals surface area contributed by atoms with E-state index in [0.29, 0.717) is 25.8 Å². The zero-order valence-corrected chi connectivity index (χ0v) is 12.7. The highest BCUT2D eigenvalue weighted by molar-refractivity contribution is 7.89. The van der Waals surface area contributed by atoms with Gasteiger partial charge >= 0.3 is 5.97 Å². The van der Waals surface area contributed by atoms with E-state index in [1.54, 1.807) is 7.05 Å². The molecule has 0 aromatic carbocycles. The van der Waals surface area contributed by atoms with Crippen LogP contribution in [0.5, 0.6) is 0 Å². The largest absolute Gasteiger partial charge is 0.481 e. The summed E-state index contributed by atoms with van der Waals surface area (Å²) < 4.78 is 26.1. The number of carboxylic acids is 1. The Morgan fingerprint density at radius 2 is 1.84 bits per heavy atom. The number of hydrogen-bond donors (Lipinski definition) is 1. The van der Waals surface area contributed by atoms with Crippen LogP contribution in [-0.4, -0.2) is 68.2 Å². The minimum Gasteiger partial charge on any atom is -0.481 e. The normalized spacial score (nSPS) is 24.3. The molecule has 0 aromatic rings. The molecule has 1 saturated carbocycles. The molecule has 0 aromatic heterocycles. The number of carboxylic acid groups (broad SMARTS) is 1. The fourth-order valence-electron chi connectivity index (χ4n) is 2.53. The Morgan fingerprint density at radius 1 is 1.21 bits per heavy atom. The van der Waals surface area contributed by atoms with Crippen LogP contribution in [0.1, 0.15) is 25.7 Å². The first-order valence-corrected chi connectivity index (χ1v) is 8.10. The molecule has 1 aliphatic carbocycles. The Labute approximate surface area is 115 Å². The molecule has 0 bridgehead atoms. The third-order valence-electron chi connectivity index (χ3n) is 3.67. The third kappa shape index (κ3) is 4.15. The van der Waals surface area contributed by atoms with Crippen molar-refractivity contribution in [3.05, 3.63) is 0 Å². The van der Waals surface area contributed by atoms with Crippen LogP contribution < -0.4 is 0 Å². The van der Waals surface area contributed by atoms with Gasteiger partial charge in [-0.3, -0.25) is 4.79 Å². The fraction of sp³-hybridized carbons (Fsp3) is 0.917. The number of sulfonamides is 1. The van der Waals surface area contributed by atoms with E-state index in [2.05, 4.69) is 0 Å². The van der Waals surface area contributed by atoms with Crippen LogP contribution in [-0.2, 0) is 14.8 Å². The fourth-order valence-corrected chi connectivity index (χ4v) is 4.51. The summed E-state index contributed by atoms with van der Waals surface area (Å²) >= 11 is 0. The Bertz CT molecular complexity index is 408. The zero-order valence-electron chi connectivity index (χ0n) is 11.9. The van der Waals surface area contributed by atoms with Crippen LogP contribution in [0, 0.1) is 5.92 Å². The second kappa shape index (κ2) is 6.67. The van der Waals surface area contributed by atoms with Gasteiger partial charge in [0.15, 0.2) is 0 Å². The van der Waals surface area contributed by atoms with E-state index in [1.165, 1.54) is 4.31 Å². The molecule has 6 nitrogen and oxygen atoms in total. The number of nitrogens with zero attached hydrogens (tertiary/aromatic N) is 2. The number of rotatable bonds is 7. The summed E-state index contributed by atoms with van der Waals surface area (Å²) in [6, 6.07) is 0. The van der Waals surface area contributed by atoms with E-state index in [0.717, 1.165) is 13.0 Å². The summed E-state index contributed by atoms with van der Waals surface area (Å²) in [5.74, 6) is -1.74.